The molecule has 2 N–H and O–H groups in total. The monoisotopic (exact) mass is 440 g/mol. The van der Waals surface area contributed by atoms with Gasteiger partial charge in [-0.05, 0) is 56.7 Å². The molecule has 2 amide bonds. The minimum absolute atomic E-state index is 0.121. The van der Waals surface area contributed by atoms with E-state index in [1.807, 2.05) is 62.4 Å². The van der Waals surface area contributed by atoms with Crippen molar-refractivity contribution in [2.24, 2.45) is 0 Å². The third kappa shape index (κ3) is 4.31. The van der Waals surface area contributed by atoms with Crippen LogP contribution >= 0.6 is 15.9 Å². The second kappa shape index (κ2) is 8.39. The quantitative estimate of drug-likeness (QED) is 0.630. The second-order valence-electron chi connectivity index (χ2n) is 6.48. The zero-order valence-corrected chi connectivity index (χ0v) is 17.5. The van der Waals surface area contributed by atoms with Gasteiger partial charge in [-0.1, -0.05) is 34.1 Å². The largest absolute Gasteiger partial charge is 0.343 e. The van der Waals surface area contributed by atoms with Crippen LogP contribution in [0.1, 0.15) is 27.3 Å². The molecule has 7 heteroatoms. The lowest BCUT2D eigenvalue weighted by Gasteiger charge is -2.10. The van der Waals surface area contributed by atoms with Gasteiger partial charge in [0.2, 0.25) is 5.91 Å². The predicted molar refractivity (Wildman–Crippen MR) is 113 cm³/mol. The number of para-hydroxylation sites is 1. The van der Waals surface area contributed by atoms with E-state index in [1.165, 1.54) is 0 Å². The van der Waals surface area contributed by atoms with Crippen molar-refractivity contribution in [2.75, 3.05) is 11.9 Å². The third-order valence-electron chi connectivity index (χ3n) is 4.39. The van der Waals surface area contributed by atoms with Crippen LogP contribution in [0.3, 0.4) is 0 Å². The van der Waals surface area contributed by atoms with Gasteiger partial charge in [0.05, 0.1) is 29.2 Å². The molecule has 3 aromatic rings. The van der Waals surface area contributed by atoms with Gasteiger partial charge in [0, 0.05) is 10.2 Å². The predicted octanol–water partition coefficient (Wildman–Crippen LogP) is 3.93. The Balaban J connectivity index is 1.68. The van der Waals surface area contributed by atoms with Gasteiger partial charge in [-0.25, -0.2) is 4.68 Å². The number of nitrogens with one attached hydrogen (secondary N) is 2. The summed E-state index contributed by atoms with van der Waals surface area (Å²) in [6, 6.07) is 15.2. The molecule has 0 fully saturated rings. The first-order valence-electron chi connectivity index (χ1n) is 8.82. The molecule has 0 saturated carbocycles. The average molecular weight is 441 g/mol. The molecule has 1 heterocycles. The molecule has 0 saturated heterocycles. The maximum atomic E-state index is 12.6. The zero-order valence-electron chi connectivity index (χ0n) is 15.9. The smallest absolute Gasteiger partial charge is 0.255 e. The Kier molecular flexibility index (Phi) is 5.94. The first-order valence-corrected chi connectivity index (χ1v) is 9.62. The van der Waals surface area contributed by atoms with E-state index in [0.29, 0.717) is 16.9 Å². The molecule has 0 bridgehead atoms. The summed E-state index contributed by atoms with van der Waals surface area (Å²) in [5.41, 5.74) is 4.35. The first kappa shape index (κ1) is 19.8. The molecule has 0 radical (unpaired) electrons. The Morgan fingerprint density at radius 1 is 1.07 bits per heavy atom. The Morgan fingerprint density at radius 2 is 1.79 bits per heavy atom. The van der Waals surface area contributed by atoms with E-state index in [2.05, 4.69) is 31.7 Å². The highest BCUT2D eigenvalue weighted by atomic mass is 79.9. The molecule has 0 unspecified atom stereocenters. The van der Waals surface area contributed by atoms with Crippen molar-refractivity contribution < 1.29 is 9.59 Å². The normalized spacial score (nSPS) is 10.6. The fourth-order valence-corrected chi connectivity index (χ4v) is 3.48. The summed E-state index contributed by atoms with van der Waals surface area (Å²) in [7, 11) is 0. The van der Waals surface area contributed by atoms with Crippen LogP contribution in [-0.2, 0) is 4.79 Å². The van der Waals surface area contributed by atoms with Crippen LogP contribution in [0.25, 0.3) is 5.69 Å². The molecule has 144 valence electrons. The number of hydrogen-bond acceptors (Lipinski definition) is 3. The van der Waals surface area contributed by atoms with E-state index >= 15 is 0 Å². The second-order valence-corrected chi connectivity index (χ2v) is 7.40. The van der Waals surface area contributed by atoms with Crippen LogP contribution in [0.4, 0.5) is 5.69 Å². The number of anilines is 1. The maximum Gasteiger partial charge on any atom is 0.255 e. The summed E-state index contributed by atoms with van der Waals surface area (Å²) in [6.07, 6.45) is 0. The number of carbonyl (C=O) groups excluding carboxylic acids is 2. The van der Waals surface area contributed by atoms with Gasteiger partial charge in [0.1, 0.15) is 0 Å². The average Bonchev–Trinajstić information content (AvgIpc) is 2.97. The summed E-state index contributed by atoms with van der Waals surface area (Å²) in [4.78, 5) is 24.9. The fraction of sp³-hybridized carbons (Fsp3) is 0.190. The molecule has 0 aliphatic carbocycles. The van der Waals surface area contributed by atoms with Crippen molar-refractivity contribution in [3.63, 3.8) is 0 Å². The Labute approximate surface area is 172 Å². The number of rotatable bonds is 5. The number of aromatic nitrogens is 2. The lowest BCUT2D eigenvalue weighted by Crippen LogP contribution is -2.33. The minimum atomic E-state index is -0.320. The molecule has 0 aliphatic heterocycles. The number of hydrogen-bond donors (Lipinski definition) is 2. The van der Waals surface area contributed by atoms with Crippen molar-refractivity contribution in [1.29, 1.82) is 0 Å². The molecule has 0 aliphatic rings. The zero-order chi connectivity index (χ0) is 20.3. The first-order chi connectivity index (χ1) is 13.4. The molecule has 1 aromatic heterocycles. The fourth-order valence-electron chi connectivity index (χ4n) is 3.00. The van der Waals surface area contributed by atoms with Crippen LogP contribution in [0.15, 0.2) is 53.0 Å². The molecule has 2 aromatic carbocycles. The maximum absolute atomic E-state index is 12.6. The number of nitrogens with zero attached hydrogens (tertiary/aromatic N) is 2. The topological polar surface area (TPSA) is 76.0 Å². The van der Waals surface area contributed by atoms with Gasteiger partial charge in [0.25, 0.3) is 5.91 Å². The summed E-state index contributed by atoms with van der Waals surface area (Å²) in [6.45, 7) is 5.41. The van der Waals surface area contributed by atoms with Crippen LogP contribution in [0.5, 0.6) is 0 Å². The number of halogens is 1. The molecule has 6 nitrogen and oxygen atoms in total. The molecule has 3 rings (SSSR count). The Hall–Kier alpha value is -2.93. The summed E-state index contributed by atoms with van der Waals surface area (Å²) < 4.78 is 2.67. The highest BCUT2D eigenvalue weighted by Gasteiger charge is 2.20. The molecular formula is C21H21BrN4O2. The minimum Gasteiger partial charge on any atom is -0.343 e. The van der Waals surface area contributed by atoms with Crippen LogP contribution < -0.4 is 10.6 Å². The lowest BCUT2D eigenvalue weighted by molar-refractivity contribution is -0.115. The summed E-state index contributed by atoms with van der Waals surface area (Å²) >= 11 is 3.39. The van der Waals surface area contributed by atoms with Crippen LogP contribution in [0.2, 0.25) is 0 Å². The SMILES string of the molecule is Cc1cc(Br)ccc1NC(=O)CNC(=O)c1c(C)nn(-c2ccccc2)c1C. The highest BCUT2D eigenvalue weighted by Crippen LogP contribution is 2.20. The number of amides is 2. The van der Waals surface area contributed by atoms with E-state index in [-0.39, 0.29) is 18.4 Å². The number of benzene rings is 2. The van der Waals surface area contributed by atoms with Gasteiger partial charge in [-0.15, -0.1) is 0 Å². The Bertz CT molecular complexity index is 1030. The van der Waals surface area contributed by atoms with E-state index in [4.69, 9.17) is 0 Å². The van der Waals surface area contributed by atoms with E-state index < -0.39 is 0 Å². The van der Waals surface area contributed by atoms with Gasteiger partial charge in [-0.3, -0.25) is 9.59 Å². The van der Waals surface area contributed by atoms with Crippen molar-refractivity contribution in [3.05, 3.63) is 75.5 Å². The number of carbonyl (C=O) groups is 2. The summed E-state index contributed by atoms with van der Waals surface area (Å²) in [5.74, 6) is -0.607. The standard InChI is InChI=1S/C21H21BrN4O2/c1-13-11-16(22)9-10-18(13)24-19(27)12-23-21(28)20-14(2)25-26(15(20)3)17-7-5-4-6-8-17/h4-11H,12H2,1-3H3,(H,23,28)(H,24,27). The van der Waals surface area contributed by atoms with Gasteiger partial charge < -0.3 is 10.6 Å². The van der Waals surface area contributed by atoms with Crippen LogP contribution in [0, 0.1) is 20.8 Å². The van der Waals surface area contributed by atoms with Crippen LogP contribution in [-0.4, -0.2) is 28.1 Å². The van der Waals surface area contributed by atoms with Crippen molar-refractivity contribution in [1.82, 2.24) is 15.1 Å². The summed E-state index contributed by atoms with van der Waals surface area (Å²) in [5, 5.41) is 9.96. The van der Waals surface area contributed by atoms with Gasteiger partial charge in [-0.2, -0.15) is 5.10 Å². The van der Waals surface area contributed by atoms with Gasteiger partial charge >= 0.3 is 0 Å². The van der Waals surface area contributed by atoms with E-state index in [1.54, 1.807) is 11.6 Å². The lowest BCUT2D eigenvalue weighted by atomic mass is 10.2. The molecular weight excluding hydrogens is 420 g/mol. The van der Waals surface area contributed by atoms with Crippen molar-refractivity contribution in [2.45, 2.75) is 20.8 Å². The molecule has 0 atom stereocenters. The van der Waals surface area contributed by atoms with Crippen molar-refractivity contribution in [3.8, 4) is 5.69 Å². The van der Waals surface area contributed by atoms with E-state index in [9.17, 15) is 9.59 Å². The highest BCUT2D eigenvalue weighted by molar-refractivity contribution is 9.10. The van der Waals surface area contributed by atoms with E-state index in [0.717, 1.165) is 21.4 Å². The van der Waals surface area contributed by atoms with Gasteiger partial charge in [0.15, 0.2) is 0 Å². The van der Waals surface area contributed by atoms with Crippen molar-refractivity contribution >= 4 is 33.4 Å². The number of aryl methyl sites for hydroxylation is 2. The molecule has 0 spiro atoms. The Morgan fingerprint density at radius 3 is 2.46 bits per heavy atom. The third-order valence-corrected chi connectivity index (χ3v) is 4.88. The molecule has 28 heavy (non-hydrogen) atoms.